The molecule has 1 fully saturated rings. The number of H-pyrrole nitrogens is 1. The molecule has 2 N–H and O–H groups in total. The average Bonchev–Trinajstić information content (AvgIpc) is 3.40. The second kappa shape index (κ2) is 7.43. The van der Waals surface area contributed by atoms with E-state index in [1.54, 1.807) is 0 Å². The van der Waals surface area contributed by atoms with E-state index in [2.05, 4.69) is 46.5 Å². The van der Waals surface area contributed by atoms with Gasteiger partial charge >= 0.3 is 6.03 Å². The van der Waals surface area contributed by atoms with E-state index < -0.39 is 0 Å². The third kappa shape index (κ3) is 3.97. The molecule has 2 heterocycles. The Labute approximate surface area is 159 Å². The first-order chi connectivity index (χ1) is 13.1. The summed E-state index contributed by atoms with van der Waals surface area (Å²) in [6.45, 7) is 4.69. The first-order valence-corrected chi connectivity index (χ1v) is 9.70. The molecule has 2 amide bonds. The van der Waals surface area contributed by atoms with Crippen LogP contribution in [0.3, 0.4) is 0 Å². The number of carbonyl (C=O) groups excluding carboxylic acids is 1. The first kappa shape index (κ1) is 17.6. The number of amides is 2. The second-order valence-corrected chi connectivity index (χ2v) is 7.37. The number of hydrogen-bond acceptors (Lipinski definition) is 2. The van der Waals surface area contributed by atoms with Gasteiger partial charge in [0.05, 0.1) is 11.7 Å². The van der Waals surface area contributed by atoms with Gasteiger partial charge in [-0.3, -0.25) is 4.98 Å². The number of pyridine rings is 1. The zero-order valence-corrected chi connectivity index (χ0v) is 15.9. The lowest BCUT2D eigenvalue weighted by Crippen LogP contribution is -2.42. The van der Waals surface area contributed by atoms with Crippen molar-refractivity contribution in [2.75, 3.05) is 0 Å². The molecule has 3 aromatic rings. The number of aromatic amines is 1. The number of urea groups is 1. The topological polar surface area (TPSA) is 61.0 Å². The maximum Gasteiger partial charge on any atom is 0.318 e. The number of aryl methyl sites for hydroxylation is 1. The highest BCUT2D eigenvalue weighted by Gasteiger charge is 2.33. The molecule has 1 aliphatic carbocycles. The zero-order valence-electron chi connectivity index (χ0n) is 15.9. The van der Waals surface area contributed by atoms with Crippen LogP contribution >= 0.6 is 0 Å². The van der Waals surface area contributed by atoms with Crippen molar-refractivity contribution in [3.05, 3.63) is 65.6 Å². The maximum atomic E-state index is 13.1. The first-order valence-electron chi connectivity index (χ1n) is 9.70. The predicted molar refractivity (Wildman–Crippen MR) is 107 cm³/mol. The number of benzene rings is 1. The maximum absolute atomic E-state index is 13.1. The minimum absolute atomic E-state index is 0.00169. The molecular weight excluding hydrogens is 336 g/mol. The number of nitrogens with one attached hydrogen (secondary N) is 2. The van der Waals surface area contributed by atoms with Gasteiger partial charge in [-0.15, -0.1) is 0 Å². The van der Waals surface area contributed by atoms with Crippen LogP contribution < -0.4 is 5.32 Å². The van der Waals surface area contributed by atoms with Crippen LogP contribution in [0.25, 0.3) is 10.9 Å². The Bertz CT molecular complexity index is 944. The van der Waals surface area contributed by atoms with Crippen molar-refractivity contribution in [3.8, 4) is 0 Å². The number of carbonyl (C=O) groups is 1. The molecule has 0 spiro atoms. The Morgan fingerprint density at radius 3 is 2.89 bits per heavy atom. The van der Waals surface area contributed by atoms with Gasteiger partial charge in [0.1, 0.15) is 0 Å². The van der Waals surface area contributed by atoms with Crippen molar-refractivity contribution >= 4 is 16.9 Å². The van der Waals surface area contributed by atoms with Gasteiger partial charge < -0.3 is 15.2 Å². The lowest BCUT2D eigenvalue weighted by molar-refractivity contribution is 0.187. The molecule has 5 nitrogen and oxygen atoms in total. The van der Waals surface area contributed by atoms with Gasteiger partial charge in [0.25, 0.3) is 0 Å². The number of hydrogen-bond donors (Lipinski definition) is 2. The van der Waals surface area contributed by atoms with Crippen LogP contribution in [0.1, 0.15) is 49.2 Å². The summed E-state index contributed by atoms with van der Waals surface area (Å²) in [5.41, 5.74) is 4.18. The van der Waals surface area contributed by atoms with E-state index in [0.29, 0.717) is 12.6 Å². The van der Waals surface area contributed by atoms with E-state index in [0.717, 1.165) is 41.7 Å². The number of rotatable bonds is 6. The van der Waals surface area contributed by atoms with Crippen molar-refractivity contribution in [2.24, 2.45) is 0 Å². The van der Waals surface area contributed by atoms with Gasteiger partial charge in [-0.25, -0.2) is 4.79 Å². The van der Waals surface area contributed by atoms with Crippen LogP contribution in [0.4, 0.5) is 4.79 Å². The Morgan fingerprint density at radius 2 is 2.15 bits per heavy atom. The van der Waals surface area contributed by atoms with E-state index in [1.165, 1.54) is 5.39 Å². The van der Waals surface area contributed by atoms with Crippen LogP contribution in [0, 0.1) is 6.92 Å². The minimum atomic E-state index is -0.0641. The fourth-order valence-electron chi connectivity index (χ4n) is 3.53. The molecule has 140 valence electrons. The van der Waals surface area contributed by atoms with Gasteiger partial charge in [0, 0.05) is 30.0 Å². The Morgan fingerprint density at radius 1 is 1.30 bits per heavy atom. The van der Waals surface area contributed by atoms with Crippen molar-refractivity contribution in [1.82, 2.24) is 20.2 Å². The lowest BCUT2D eigenvalue weighted by Gasteiger charge is -2.26. The summed E-state index contributed by atoms with van der Waals surface area (Å²) in [5.74, 6) is 0. The van der Waals surface area contributed by atoms with Gasteiger partial charge in [-0.1, -0.05) is 19.1 Å². The summed E-state index contributed by atoms with van der Waals surface area (Å²) >= 11 is 0. The van der Waals surface area contributed by atoms with Crippen molar-refractivity contribution < 1.29 is 4.79 Å². The lowest BCUT2D eigenvalue weighted by atomic mass is 10.1. The molecule has 0 unspecified atom stereocenters. The summed E-state index contributed by atoms with van der Waals surface area (Å²) < 4.78 is 0. The molecule has 1 saturated carbocycles. The van der Waals surface area contributed by atoms with Crippen molar-refractivity contribution in [1.29, 1.82) is 0 Å². The van der Waals surface area contributed by atoms with Crippen molar-refractivity contribution in [2.45, 2.75) is 51.7 Å². The molecule has 1 atom stereocenters. The second-order valence-electron chi connectivity index (χ2n) is 7.37. The smallest absolute Gasteiger partial charge is 0.318 e. The fraction of sp³-hybridized carbons (Fsp3) is 0.364. The Kier molecular flexibility index (Phi) is 4.84. The Balaban J connectivity index is 1.50. The highest BCUT2D eigenvalue weighted by atomic mass is 16.2. The molecule has 1 aliphatic rings. The van der Waals surface area contributed by atoms with Crippen LogP contribution in [-0.4, -0.2) is 26.9 Å². The molecule has 0 aliphatic heterocycles. The quantitative estimate of drug-likeness (QED) is 0.668. The number of nitrogens with zero attached hydrogens (tertiary/aromatic N) is 2. The molecular formula is C22H26N4O. The average molecular weight is 362 g/mol. The summed E-state index contributed by atoms with van der Waals surface area (Å²) in [7, 11) is 0. The summed E-state index contributed by atoms with van der Waals surface area (Å²) in [6.07, 6.45) is 4.93. The van der Waals surface area contributed by atoms with E-state index in [9.17, 15) is 4.79 Å². The molecule has 0 radical (unpaired) electrons. The number of fused-ring (bicyclic) bond motifs is 1. The third-order valence-corrected chi connectivity index (χ3v) is 5.19. The third-order valence-electron chi connectivity index (χ3n) is 5.19. The standard InChI is InChI=1S/C22H26N4O/c1-3-19(21-6-4-5-15(2)24-21)25-22(27)26(18-8-9-18)14-16-7-10-20-17(13-16)11-12-23-20/h4-7,10-13,18-19,23H,3,8-9,14H2,1-2H3,(H,25,27)/t19-/m1/s1. The highest BCUT2D eigenvalue weighted by molar-refractivity contribution is 5.80. The number of aromatic nitrogens is 2. The van der Waals surface area contributed by atoms with Crippen molar-refractivity contribution in [3.63, 3.8) is 0 Å². The van der Waals surface area contributed by atoms with E-state index >= 15 is 0 Å². The van der Waals surface area contributed by atoms with Gasteiger partial charge in [0.2, 0.25) is 0 Å². The molecule has 4 rings (SSSR count). The van der Waals surface area contributed by atoms with E-state index in [-0.39, 0.29) is 12.1 Å². The Hall–Kier alpha value is -2.82. The van der Waals surface area contributed by atoms with Crippen LogP contribution in [-0.2, 0) is 6.54 Å². The predicted octanol–water partition coefficient (Wildman–Crippen LogP) is 4.70. The molecule has 27 heavy (non-hydrogen) atoms. The normalized spacial score (nSPS) is 14.9. The van der Waals surface area contributed by atoms with Gasteiger partial charge in [-0.05, 0) is 67.5 Å². The van der Waals surface area contributed by atoms with Crippen LogP contribution in [0.5, 0.6) is 0 Å². The fourth-order valence-corrected chi connectivity index (χ4v) is 3.53. The highest BCUT2D eigenvalue weighted by Crippen LogP contribution is 2.29. The monoisotopic (exact) mass is 362 g/mol. The molecule has 0 bridgehead atoms. The summed E-state index contributed by atoms with van der Waals surface area (Å²) in [5, 5.41) is 4.38. The van der Waals surface area contributed by atoms with Gasteiger partial charge in [-0.2, -0.15) is 0 Å². The largest absolute Gasteiger partial charge is 0.361 e. The SMILES string of the molecule is CC[C@@H](NC(=O)N(Cc1ccc2[nH]ccc2c1)C1CC1)c1cccc(C)n1. The molecule has 5 heteroatoms. The summed E-state index contributed by atoms with van der Waals surface area (Å²) in [6, 6.07) is 14.7. The van der Waals surface area contributed by atoms with Crippen LogP contribution in [0.2, 0.25) is 0 Å². The van der Waals surface area contributed by atoms with Crippen LogP contribution in [0.15, 0.2) is 48.7 Å². The molecule has 0 saturated heterocycles. The van der Waals surface area contributed by atoms with E-state index in [4.69, 9.17) is 0 Å². The molecule has 2 aromatic heterocycles. The summed E-state index contributed by atoms with van der Waals surface area (Å²) in [4.78, 5) is 22.8. The van der Waals surface area contributed by atoms with Gasteiger partial charge in [0.15, 0.2) is 0 Å². The van der Waals surface area contributed by atoms with E-state index in [1.807, 2.05) is 36.2 Å². The zero-order chi connectivity index (χ0) is 18.8. The molecule has 1 aromatic carbocycles. The minimum Gasteiger partial charge on any atom is -0.361 e.